The summed E-state index contributed by atoms with van der Waals surface area (Å²) in [6, 6.07) is 4.47. The maximum atomic E-state index is 14.9. The summed E-state index contributed by atoms with van der Waals surface area (Å²) in [5.41, 5.74) is 0.428. The molecule has 13 heteroatoms. The van der Waals surface area contributed by atoms with Crippen LogP contribution in [0, 0.1) is 5.82 Å². The fraction of sp³-hybridized carbons (Fsp3) is 0.391. The number of anilines is 2. The van der Waals surface area contributed by atoms with Crippen LogP contribution in [-0.4, -0.2) is 47.4 Å². The molecule has 4 heterocycles. The summed E-state index contributed by atoms with van der Waals surface area (Å²) in [6.45, 7) is 4.53. The number of hydrogen-bond donors (Lipinski definition) is 1. The quantitative estimate of drug-likeness (QED) is 0.436. The highest BCUT2D eigenvalue weighted by Gasteiger charge is 2.25. The number of carbonyl (C=O) groups excluding carboxylic acids is 1. The smallest absolute Gasteiger partial charge is 0.332 e. The van der Waals surface area contributed by atoms with Crippen LogP contribution < -0.4 is 21.5 Å². The van der Waals surface area contributed by atoms with E-state index in [9.17, 15) is 18.8 Å². The van der Waals surface area contributed by atoms with Gasteiger partial charge in [-0.05, 0) is 44.9 Å². The van der Waals surface area contributed by atoms with Gasteiger partial charge in [0.15, 0.2) is 11.2 Å². The Kier molecular flexibility index (Phi) is 5.94. The molecule has 36 heavy (non-hydrogen) atoms. The number of nitrogens with zero attached hydrogens (tertiary/aromatic N) is 7. The number of amides is 1. The monoisotopic (exact) mass is 512 g/mol. The molecule has 0 saturated carbocycles. The molecule has 1 aromatic carbocycles. The number of benzene rings is 1. The predicted octanol–water partition coefficient (Wildman–Crippen LogP) is 2.28. The Morgan fingerprint density at radius 1 is 1.22 bits per heavy atom. The Morgan fingerprint density at radius 2 is 2.00 bits per heavy atom. The van der Waals surface area contributed by atoms with E-state index in [0.29, 0.717) is 22.3 Å². The third-order valence-corrected chi connectivity index (χ3v) is 7.57. The van der Waals surface area contributed by atoms with Gasteiger partial charge in [-0.2, -0.15) is 0 Å². The highest BCUT2D eigenvalue weighted by Crippen LogP contribution is 2.33. The van der Waals surface area contributed by atoms with E-state index in [4.69, 9.17) is 0 Å². The van der Waals surface area contributed by atoms with Gasteiger partial charge < -0.3 is 9.47 Å². The Labute approximate surface area is 208 Å². The van der Waals surface area contributed by atoms with Crippen molar-refractivity contribution in [1.29, 1.82) is 0 Å². The Bertz CT molecular complexity index is 1600. The SMILES string of the molecule is C[C@H]1CCCN1c1ccc(-c2nnc(NC(=O)[C@H](C)n3cnc4c3c(=O)n(C)c(=O)n4C)s2)cc1F. The molecule has 1 fully saturated rings. The van der Waals surface area contributed by atoms with Crippen molar-refractivity contribution in [3.05, 3.63) is 51.2 Å². The third kappa shape index (κ3) is 3.88. The summed E-state index contributed by atoms with van der Waals surface area (Å²) in [5, 5.41) is 11.5. The number of halogens is 1. The van der Waals surface area contributed by atoms with Crippen LogP contribution in [0.3, 0.4) is 0 Å². The first-order valence-corrected chi connectivity index (χ1v) is 12.3. The molecule has 0 unspecified atom stereocenters. The van der Waals surface area contributed by atoms with Gasteiger partial charge in [0.1, 0.15) is 16.9 Å². The zero-order chi connectivity index (χ0) is 25.7. The fourth-order valence-corrected chi connectivity index (χ4v) is 5.29. The summed E-state index contributed by atoms with van der Waals surface area (Å²) >= 11 is 1.12. The van der Waals surface area contributed by atoms with Gasteiger partial charge in [0, 0.05) is 32.2 Å². The average Bonchev–Trinajstić information content (AvgIpc) is 3.61. The van der Waals surface area contributed by atoms with Crippen molar-refractivity contribution < 1.29 is 9.18 Å². The van der Waals surface area contributed by atoms with Gasteiger partial charge in [-0.15, -0.1) is 10.2 Å². The lowest BCUT2D eigenvalue weighted by molar-refractivity contribution is -0.118. The Hall–Kier alpha value is -3.87. The van der Waals surface area contributed by atoms with Crippen LogP contribution in [0.4, 0.5) is 15.2 Å². The predicted molar refractivity (Wildman–Crippen MR) is 135 cm³/mol. The second-order valence-electron chi connectivity index (χ2n) is 8.96. The van der Waals surface area contributed by atoms with Crippen LogP contribution in [0.2, 0.25) is 0 Å². The number of aryl methyl sites for hydroxylation is 1. The largest absolute Gasteiger partial charge is 0.366 e. The lowest BCUT2D eigenvalue weighted by Gasteiger charge is -2.24. The lowest BCUT2D eigenvalue weighted by atomic mass is 10.1. The van der Waals surface area contributed by atoms with Crippen molar-refractivity contribution in [3.63, 3.8) is 0 Å². The van der Waals surface area contributed by atoms with E-state index in [1.807, 2.05) is 0 Å². The van der Waals surface area contributed by atoms with Crippen molar-refractivity contribution in [3.8, 4) is 10.6 Å². The first-order chi connectivity index (χ1) is 17.2. The maximum absolute atomic E-state index is 14.9. The molecule has 1 N–H and O–H groups in total. The van der Waals surface area contributed by atoms with Crippen LogP contribution in [0.25, 0.3) is 21.7 Å². The Balaban J connectivity index is 1.36. The van der Waals surface area contributed by atoms with Crippen LogP contribution in [0.5, 0.6) is 0 Å². The van der Waals surface area contributed by atoms with Crippen molar-refractivity contribution in [2.75, 3.05) is 16.8 Å². The van der Waals surface area contributed by atoms with Gasteiger partial charge in [-0.25, -0.2) is 14.2 Å². The van der Waals surface area contributed by atoms with Gasteiger partial charge >= 0.3 is 5.69 Å². The molecule has 11 nitrogen and oxygen atoms in total. The van der Waals surface area contributed by atoms with E-state index < -0.39 is 23.2 Å². The number of aromatic nitrogens is 6. The molecule has 4 aromatic rings. The molecule has 0 aliphatic carbocycles. The minimum Gasteiger partial charge on any atom is -0.366 e. The van der Waals surface area contributed by atoms with Gasteiger partial charge in [0.2, 0.25) is 11.0 Å². The van der Waals surface area contributed by atoms with E-state index in [2.05, 4.69) is 32.3 Å². The molecule has 1 aliphatic rings. The fourth-order valence-electron chi connectivity index (χ4n) is 4.55. The Morgan fingerprint density at radius 3 is 2.69 bits per heavy atom. The minimum absolute atomic E-state index is 0.142. The molecule has 3 aromatic heterocycles. The average molecular weight is 513 g/mol. The molecule has 5 rings (SSSR count). The van der Waals surface area contributed by atoms with E-state index >= 15 is 0 Å². The summed E-state index contributed by atoms with van der Waals surface area (Å²) in [5.74, 6) is -0.768. The molecule has 1 aliphatic heterocycles. The zero-order valence-electron chi connectivity index (χ0n) is 20.2. The number of imidazole rings is 1. The summed E-state index contributed by atoms with van der Waals surface area (Å²) < 4.78 is 18.5. The second kappa shape index (κ2) is 8.97. The highest BCUT2D eigenvalue weighted by molar-refractivity contribution is 7.18. The number of fused-ring (bicyclic) bond motifs is 1. The number of rotatable bonds is 5. The van der Waals surface area contributed by atoms with Crippen LogP contribution in [0.1, 0.15) is 32.7 Å². The molecule has 0 bridgehead atoms. The minimum atomic E-state index is -0.827. The first kappa shape index (κ1) is 23.9. The van der Waals surface area contributed by atoms with E-state index in [1.165, 1.54) is 35.6 Å². The van der Waals surface area contributed by atoms with Crippen LogP contribution >= 0.6 is 11.3 Å². The number of carbonyl (C=O) groups is 1. The number of hydrogen-bond acceptors (Lipinski definition) is 8. The zero-order valence-corrected chi connectivity index (χ0v) is 21.0. The van der Waals surface area contributed by atoms with Crippen LogP contribution in [0.15, 0.2) is 34.1 Å². The molecule has 0 spiro atoms. The number of nitrogens with one attached hydrogen (secondary N) is 1. The first-order valence-electron chi connectivity index (χ1n) is 11.5. The van der Waals surface area contributed by atoms with E-state index in [0.717, 1.165) is 35.3 Å². The van der Waals surface area contributed by atoms with Gasteiger partial charge in [0.05, 0.1) is 12.0 Å². The molecule has 1 saturated heterocycles. The molecule has 188 valence electrons. The third-order valence-electron chi connectivity index (χ3n) is 6.68. The molecule has 1 amide bonds. The second-order valence-corrected chi connectivity index (χ2v) is 9.94. The van der Waals surface area contributed by atoms with Gasteiger partial charge in [-0.1, -0.05) is 11.3 Å². The van der Waals surface area contributed by atoms with Crippen molar-refractivity contribution >= 4 is 39.2 Å². The molecular formula is C23H25FN8O3S. The maximum Gasteiger partial charge on any atom is 0.332 e. The van der Waals surface area contributed by atoms with E-state index in [-0.39, 0.29) is 22.1 Å². The molecule has 2 atom stereocenters. The van der Waals surface area contributed by atoms with Crippen LogP contribution in [-0.2, 0) is 18.9 Å². The molecular weight excluding hydrogens is 487 g/mol. The van der Waals surface area contributed by atoms with Gasteiger partial charge in [0.25, 0.3) is 5.56 Å². The summed E-state index contributed by atoms with van der Waals surface area (Å²) in [4.78, 5) is 44.0. The molecule has 0 radical (unpaired) electrons. The van der Waals surface area contributed by atoms with Crippen molar-refractivity contribution in [2.24, 2.45) is 14.1 Å². The topological polar surface area (TPSA) is 120 Å². The standard InChI is InChI=1S/C23H25FN8O3S/c1-12-6-5-9-31(12)16-8-7-14(10-15(16)24)20-27-28-22(36-20)26-19(33)13(2)32-11-25-18-17(32)21(34)30(4)23(35)29(18)3/h7-8,10-13H,5-6,9H2,1-4H3,(H,26,28,33)/t12-,13-/m0/s1. The van der Waals surface area contributed by atoms with E-state index in [1.54, 1.807) is 19.1 Å². The van der Waals surface area contributed by atoms with Crippen molar-refractivity contribution in [2.45, 2.75) is 38.8 Å². The normalized spacial score (nSPS) is 16.6. The lowest BCUT2D eigenvalue weighted by Crippen LogP contribution is -2.38. The summed E-state index contributed by atoms with van der Waals surface area (Å²) in [7, 11) is 2.88. The highest BCUT2D eigenvalue weighted by atomic mass is 32.1. The summed E-state index contributed by atoms with van der Waals surface area (Å²) in [6.07, 6.45) is 3.44. The van der Waals surface area contributed by atoms with Gasteiger partial charge in [-0.3, -0.25) is 24.0 Å². The van der Waals surface area contributed by atoms with Crippen molar-refractivity contribution in [1.82, 2.24) is 28.9 Å².